The number of nitrogens with zero attached hydrogens (tertiary/aromatic N) is 2. The molecule has 0 aromatic heterocycles. The molecule has 17 heavy (non-hydrogen) atoms. The largest absolute Gasteiger partial charge is 0.314 e. The van der Waals surface area contributed by atoms with E-state index < -0.39 is 0 Å². The first kappa shape index (κ1) is 14.9. The van der Waals surface area contributed by atoms with E-state index >= 15 is 0 Å². The molecular weight excluding hydrogens is 210 g/mol. The van der Waals surface area contributed by atoms with Crippen molar-refractivity contribution in [1.82, 2.24) is 15.1 Å². The van der Waals surface area contributed by atoms with Crippen molar-refractivity contribution in [3.63, 3.8) is 0 Å². The molecule has 1 saturated heterocycles. The molecule has 0 radical (unpaired) electrons. The summed E-state index contributed by atoms with van der Waals surface area (Å²) < 4.78 is 0. The Morgan fingerprint density at radius 3 is 2.53 bits per heavy atom. The quantitative estimate of drug-likeness (QED) is 0.619. The van der Waals surface area contributed by atoms with Crippen LogP contribution in [0, 0.1) is 5.92 Å². The fraction of sp³-hybridized carbons (Fsp3) is 1.00. The Labute approximate surface area is 108 Å². The van der Waals surface area contributed by atoms with Crippen LogP contribution in [0.4, 0.5) is 0 Å². The summed E-state index contributed by atoms with van der Waals surface area (Å²) in [4.78, 5) is 5.08. The highest BCUT2D eigenvalue weighted by atomic mass is 15.2. The minimum absolute atomic E-state index is 0.964. The van der Waals surface area contributed by atoms with Gasteiger partial charge in [-0.25, -0.2) is 0 Å². The lowest BCUT2D eigenvalue weighted by Crippen LogP contribution is -2.36. The van der Waals surface area contributed by atoms with E-state index in [4.69, 9.17) is 0 Å². The van der Waals surface area contributed by atoms with Crippen molar-refractivity contribution in [3.8, 4) is 0 Å². The zero-order valence-corrected chi connectivity index (χ0v) is 12.0. The molecule has 1 N–H and O–H groups in total. The van der Waals surface area contributed by atoms with Crippen LogP contribution in [-0.4, -0.2) is 62.2 Å². The molecule has 3 heteroatoms. The summed E-state index contributed by atoms with van der Waals surface area (Å²) >= 11 is 0. The minimum Gasteiger partial charge on any atom is -0.314 e. The molecule has 0 aromatic rings. The van der Waals surface area contributed by atoms with Gasteiger partial charge in [-0.05, 0) is 32.0 Å². The fourth-order valence-corrected chi connectivity index (χ4v) is 2.59. The molecule has 0 amide bonds. The van der Waals surface area contributed by atoms with Crippen LogP contribution < -0.4 is 5.32 Å². The summed E-state index contributed by atoms with van der Waals surface area (Å²) in [6, 6.07) is 0. The van der Waals surface area contributed by atoms with Crippen molar-refractivity contribution in [1.29, 1.82) is 0 Å². The van der Waals surface area contributed by atoms with E-state index in [-0.39, 0.29) is 0 Å². The molecule has 0 spiro atoms. The predicted octanol–water partition coefficient (Wildman–Crippen LogP) is 1.65. The van der Waals surface area contributed by atoms with Crippen molar-refractivity contribution < 1.29 is 0 Å². The molecule has 102 valence electrons. The minimum atomic E-state index is 0.964. The molecular formula is C14H31N3. The van der Waals surface area contributed by atoms with E-state index in [0.717, 1.165) is 19.0 Å². The molecule has 0 saturated carbocycles. The Morgan fingerprint density at radius 2 is 1.94 bits per heavy atom. The van der Waals surface area contributed by atoms with Gasteiger partial charge in [0.15, 0.2) is 0 Å². The number of likely N-dealkylation sites (tertiary alicyclic amines) is 1. The lowest BCUT2D eigenvalue weighted by atomic mass is 10.1. The highest BCUT2D eigenvalue weighted by molar-refractivity contribution is 4.74. The summed E-state index contributed by atoms with van der Waals surface area (Å²) in [5.41, 5.74) is 0. The normalized spacial score (nSPS) is 21.5. The van der Waals surface area contributed by atoms with Crippen LogP contribution in [0.15, 0.2) is 0 Å². The van der Waals surface area contributed by atoms with Crippen molar-refractivity contribution in [2.45, 2.75) is 33.6 Å². The summed E-state index contributed by atoms with van der Waals surface area (Å²) in [7, 11) is 0. The monoisotopic (exact) mass is 241 g/mol. The van der Waals surface area contributed by atoms with Gasteiger partial charge in [0.25, 0.3) is 0 Å². The van der Waals surface area contributed by atoms with Crippen molar-refractivity contribution in [3.05, 3.63) is 0 Å². The van der Waals surface area contributed by atoms with E-state index in [0.29, 0.717) is 0 Å². The lowest BCUT2D eigenvalue weighted by Gasteiger charge is -2.19. The summed E-state index contributed by atoms with van der Waals surface area (Å²) in [6.45, 7) is 16.5. The maximum absolute atomic E-state index is 3.56. The molecule has 1 aliphatic rings. The zero-order chi connectivity index (χ0) is 12.5. The first-order valence-corrected chi connectivity index (χ1v) is 7.45. The maximum atomic E-state index is 3.56. The molecule has 0 aliphatic carbocycles. The highest BCUT2D eigenvalue weighted by Crippen LogP contribution is 2.17. The van der Waals surface area contributed by atoms with Gasteiger partial charge in [0.2, 0.25) is 0 Å². The molecule has 0 bridgehead atoms. The summed E-state index contributed by atoms with van der Waals surface area (Å²) in [5, 5.41) is 3.56. The average molecular weight is 241 g/mol. The van der Waals surface area contributed by atoms with E-state index in [2.05, 4.69) is 35.9 Å². The molecule has 0 aromatic carbocycles. The third kappa shape index (κ3) is 5.84. The second-order valence-corrected chi connectivity index (χ2v) is 5.14. The molecule has 1 atom stereocenters. The SMILES string of the molecule is CCC1CCN(CCNCCN(CC)CC)C1. The van der Waals surface area contributed by atoms with Crippen molar-refractivity contribution >= 4 is 0 Å². The highest BCUT2D eigenvalue weighted by Gasteiger charge is 2.19. The van der Waals surface area contributed by atoms with E-state index in [1.807, 2.05) is 0 Å². The number of likely N-dealkylation sites (N-methyl/N-ethyl adjacent to an activating group) is 1. The van der Waals surface area contributed by atoms with Gasteiger partial charge in [0.05, 0.1) is 0 Å². The topological polar surface area (TPSA) is 18.5 Å². The smallest absolute Gasteiger partial charge is 0.0107 e. The van der Waals surface area contributed by atoms with Gasteiger partial charge in [-0.1, -0.05) is 27.2 Å². The maximum Gasteiger partial charge on any atom is 0.0107 e. The second-order valence-electron chi connectivity index (χ2n) is 5.14. The Balaban J connectivity index is 1.94. The van der Waals surface area contributed by atoms with E-state index in [9.17, 15) is 0 Å². The predicted molar refractivity (Wildman–Crippen MR) is 75.5 cm³/mol. The first-order chi connectivity index (χ1) is 8.30. The number of nitrogens with one attached hydrogen (secondary N) is 1. The number of rotatable bonds is 9. The third-order valence-electron chi connectivity index (χ3n) is 4.05. The Bertz CT molecular complexity index is 180. The van der Waals surface area contributed by atoms with Crippen LogP contribution in [-0.2, 0) is 0 Å². The lowest BCUT2D eigenvalue weighted by molar-refractivity contribution is 0.290. The Hall–Kier alpha value is -0.120. The van der Waals surface area contributed by atoms with Crippen molar-refractivity contribution in [2.24, 2.45) is 5.92 Å². The van der Waals surface area contributed by atoms with Crippen LogP contribution in [0.5, 0.6) is 0 Å². The molecule has 1 heterocycles. The Morgan fingerprint density at radius 1 is 1.18 bits per heavy atom. The van der Waals surface area contributed by atoms with Gasteiger partial charge in [0, 0.05) is 32.7 Å². The summed E-state index contributed by atoms with van der Waals surface area (Å²) in [6.07, 6.45) is 2.77. The van der Waals surface area contributed by atoms with Gasteiger partial charge in [-0.15, -0.1) is 0 Å². The standard InChI is InChI=1S/C14H31N3/c1-4-14-7-10-17(13-14)12-9-15-8-11-16(5-2)6-3/h14-15H,4-13H2,1-3H3. The Kier molecular flexibility index (Phi) is 7.82. The van der Waals surface area contributed by atoms with Crippen LogP contribution >= 0.6 is 0 Å². The fourth-order valence-electron chi connectivity index (χ4n) is 2.59. The van der Waals surface area contributed by atoms with Gasteiger partial charge in [-0.2, -0.15) is 0 Å². The molecule has 1 unspecified atom stereocenters. The van der Waals surface area contributed by atoms with Gasteiger partial charge < -0.3 is 15.1 Å². The molecule has 3 nitrogen and oxygen atoms in total. The third-order valence-corrected chi connectivity index (χ3v) is 4.05. The van der Waals surface area contributed by atoms with Gasteiger partial charge in [-0.3, -0.25) is 0 Å². The van der Waals surface area contributed by atoms with Gasteiger partial charge in [0.1, 0.15) is 0 Å². The van der Waals surface area contributed by atoms with Crippen molar-refractivity contribution in [2.75, 3.05) is 52.4 Å². The zero-order valence-electron chi connectivity index (χ0n) is 12.0. The van der Waals surface area contributed by atoms with Crippen LogP contribution in [0.2, 0.25) is 0 Å². The first-order valence-electron chi connectivity index (χ1n) is 7.45. The molecule has 1 fully saturated rings. The average Bonchev–Trinajstić information content (AvgIpc) is 2.82. The van der Waals surface area contributed by atoms with Crippen LogP contribution in [0.25, 0.3) is 0 Å². The van der Waals surface area contributed by atoms with E-state index in [1.165, 1.54) is 52.1 Å². The summed E-state index contributed by atoms with van der Waals surface area (Å²) in [5.74, 6) is 0.964. The van der Waals surface area contributed by atoms with E-state index in [1.54, 1.807) is 0 Å². The van der Waals surface area contributed by atoms with Gasteiger partial charge >= 0.3 is 0 Å². The second kappa shape index (κ2) is 8.90. The number of hydrogen-bond donors (Lipinski definition) is 1. The number of hydrogen-bond acceptors (Lipinski definition) is 3. The van der Waals surface area contributed by atoms with Crippen LogP contribution in [0.1, 0.15) is 33.6 Å². The molecule has 1 rings (SSSR count). The van der Waals surface area contributed by atoms with Crippen LogP contribution in [0.3, 0.4) is 0 Å². The molecule has 1 aliphatic heterocycles.